The van der Waals surface area contributed by atoms with Gasteiger partial charge in [-0.25, -0.2) is 4.98 Å². The third-order valence-electron chi connectivity index (χ3n) is 3.85. The zero-order valence-corrected chi connectivity index (χ0v) is 13.1. The van der Waals surface area contributed by atoms with Crippen LogP contribution < -0.4 is 4.74 Å². The highest BCUT2D eigenvalue weighted by Crippen LogP contribution is 2.22. The number of hydrogen-bond acceptors (Lipinski definition) is 6. The Morgan fingerprint density at radius 2 is 2.30 bits per heavy atom. The first-order valence-electron chi connectivity index (χ1n) is 7.36. The van der Waals surface area contributed by atoms with Gasteiger partial charge < -0.3 is 9.64 Å². The Labute approximate surface area is 136 Å². The molecule has 1 saturated heterocycles. The number of fused-ring (bicyclic) bond motifs is 1. The van der Waals surface area contributed by atoms with E-state index < -0.39 is 0 Å². The summed E-state index contributed by atoms with van der Waals surface area (Å²) in [5, 5.41) is 7.71. The standard InChI is InChI=1S/C16H14N4O2S/c21-16(11-3-4-13-14(8-11)23-10-17-13)20-7-5-12(9-20)22-15-2-1-6-18-19-15/h1-4,6,8,10,12H,5,7,9H2. The summed E-state index contributed by atoms with van der Waals surface area (Å²) in [5.41, 5.74) is 3.42. The Morgan fingerprint density at radius 1 is 1.35 bits per heavy atom. The van der Waals surface area contributed by atoms with Crippen LogP contribution in [0.25, 0.3) is 10.2 Å². The predicted molar refractivity (Wildman–Crippen MR) is 86.6 cm³/mol. The molecule has 0 saturated carbocycles. The minimum atomic E-state index is -0.0391. The van der Waals surface area contributed by atoms with E-state index in [1.807, 2.05) is 23.1 Å². The average Bonchev–Trinajstić information content (AvgIpc) is 3.23. The Morgan fingerprint density at radius 3 is 3.17 bits per heavy atom. The summed E-state index contributed by atoms with van der Waals surface area (Å²) in [6, 6.07) is 9.19. The molecule has 1 aliphatic heterocycles. The number of carbonyl (C=O) groups excluding carboxylic acids is 1. The summed E-state index contributed by atoms with van der Waals surface area (Å²) < 4.78 is 6.80. The van der Waals surface area contributed by atoms with E-state index in [2.05, 4.69) is 15.2 Å². The molecule has 6 nitrogen and oxygen atoms in total. The summed E-state index contributed by atoms with van der Waals surface area (Å²) in [4.78, 5) is 18.7. The van der Waals surface area contributed by atoms with Crippen LogP contribution >= 0.6 is 11.3 Å². The number of ether oxygens (including phenoxy) is 1. The van der Waals surface area contributed by atoms with Gasteiger partial charge in [-0.3, -0.25) is 4.79 Å². The second-order valence-corrected chi connectivity index (χ2v) is 6.26. The molecule has 1 fully saturated rings. The highest BCUT2D eigenvalue weighted by molar-refractivity contribution is 7.16. The van der Waals surface area contributed by atoms with Gasteiger partial charge in [-0.05, 0) is 24.3 Å². The van der Waals surface area contributed by atoms with Crippen molar-refractivity contribution in [2.75, 3.05) is 13.1 Å². The minimum Gasteiger partial charge on any atom is -0.471 e. The smallest absolute Gasteiger partial charge is 0.254 e. The lowest BCUT2D eigenvalue weighted by atomic mass is 10.2. The fourth-order valence-corrected chi connectivity index (χ4v) is 3.42. The lowest BCUT2D eigenvalue weighted by Crippen LogP contribution is -2.31. The first-order chi connectivity index (χ1) is 11.3. The number of aromatic nitrogens is 3. The lowest BCUT2D eigenvalue weighted by molar-refractivity contribution is 0.0771. The Kier molecular flexibility index (Phi) is 3.63. The van der Waals surface area contributed by atoms with Crippen molar-refractivity contribution >= 4 is 27.5 Å². The SMILES string of the molecule is O=C(c1ccc2ncsc2c1)N1CCC(Oc2cccnn2)C1. The maximum atomic E-state index is 12.6. The Hall–Kier alpha value is -2.54. The van der Waals surface area contributed by atoms with Crippen molar-refractivity contribution in [1.82, 2.24) is 20.1 Å². The van der Waals surface area contributed by atoms with Crippen LogP contribution in [0, 0.1) is 0 Å². The minimum absolute atomic E-state index is 0.0329. The van der Waals surface area contributed by atoms with E-state index in [0.29, 0.717) is 24.5 Å². The van der Waals surface area contributed by atoms with Crippen LogP contribution in [0.2, 0.25) is 0 Å². The molecule has 116 valence electrons. The topological polar surface area (TPSA) is 68.2 Å². The molecule has 0 N–H and O–H groups in total. The van der Waals surface area contributed by atoms with Gasteiger partial charge in [0.1, 0.15) is 6.10 Å². The van der Waals surface area contributed by atoms with Crippen molar-refractivity contribution < 1.29 is 9.53 Å². The van der Waals surface area contributed by atoms with Crippen LogP contribution in [0.5, 0.6) is 5.88 Å². The van der Waals surface area contributed by atoms with Crippen LogP contribution in [0.3, 0.4) is 0 Å². The molecule has 3 aromatic rings. The maximum absolute atomic E-state index is 12.6. The van der Waals surface area contributed by atoms with E-state index in [9.17, 15) is 4.79 Å². The van der Waals surface area contributed by atoms with Crippen molar-refractivity contribution in [3.63, 3.8) is 0 Å². The van der Waals surface area contributed by atoms with Crippen LogP contribution in [-0.2, 0) is 0 Å². The highest BCUT2D eigenvalue weighted by Gasteiger charge is 2.28. The van der Waals surface area contributed by atoms with E-state index in [1.165, 1.54) is 0 Å². The largest absolute Gasteiger partial charge is 0.471 e. The molecule has 1 aromatic carbocycles. The van der Waals surface area contributed by atoms with Gasteiger partial charge in [0.25, 0.3) is 5.91 Å². The average molecular weight is 326 g/mol. The fourth-order valence-electron chi connectivity index (χ4n) is 2.70. The van der Waals surface area contributed by atoms with E-state index in [0.717, 1.165) is 16.6 Å². The number of rotatable bonds is 3. The van der Waals surface area contributed by atoms with Crippen LogP contribution in [-0.4, -0.2) is 45.2 Å². The second kappa shape index (κ2) is 5.92. The summed E-state index contributed by atoms with van der Waals surface area (Å²) in [5.74, 6) is 0.531. The molecule has 0 spiro atoms. The molecule has 0 radical (unpaired) electrons. The van der Waals surface area contributed by atoms with Gasteiger partial charge in [-0.15, -0.1) is 16.4 Å². The van der Waals surface area contributed by atoms with Gasteiger partial charge in [0.15, 0.2) is 0 Å². The molecule has 1 aliphatic rings. The van der Waals surface area contributed by atoms with Gasteiger partial charge in [0.05, 0.1) is 22.3 Å². The Balaban J connectivity index is 1.45. The van der Waals surface area contributed by atoms with Crippen molar-refractivity contribution in [3.8, 4) is 5.88 Å². The third kappa shape index (κ3) is 2.87. The van der Waals surface area contributed by atoms with E-state index in [1.54, 1.807) is 35.2 Å². The monoisotopic (exact) mass is 326 g/mol. The first-order valence-corrected chi connectivity index (χ1v) is 8.24. The number of carbonyl (C=O) groups is 1. The van der Waals surface area contributed by atoms with Gasteiger partial charge in [-0.1, -0.05) is 0 Å². The third-order valence-corrected chi connectivity index (χ3v) is 4.64. The summed E-state index contributed by atoms with van der Waals surface area (Å²) in [6.45, 7) is 1.25. The Bertz CT molecular complexity index is 836. The molecule has 7 heteroatoms. The fraction of sp³-hybridized carbons (Fsp3) is 0.250. The number of benzene rings is 1. The summed E-state index contributed by atoms with van der Waals surface area (Å²) in [7, 11) is 0. The van der Waals surface area contributed by atoms with Gasteiger partial charge in [0.2, 0.25) is 5.88 Å². The van der Waals surface area contributed by atoms with E-state index >= 15 is 0 Å². The second-order valence-electron chi connectivity index (χ2n) is 5.38. The van der Waals surface area contributed by atoms with Gasteiger partial charge in [-0.2, -0.15) is 5.10 Å². The van der Waals surface area contributed by atoms with Crippen molar-refractivity contribution in [2.45, 2.75) is 12.5 Å². The summed E-state index contributed by atoms with van der Waals surface area (Å²) >= 11 is 1.54. The molecule has 1 atom stereocenters. The van der Waals surface area contributed by atoms with Crippen LogP contribution in [0.4, 0.5) is 0 Å². The van der Waals surface area contributed by atoms with Crippen LogP contribution in [0.15, 0.2) is 42.0 Å². The number of likely N-dealkylation sites (tertiary alicyclic amines) is 1. The maximum Gasteiger partial charge on any atom is 0.254 e. The molecule has 1 amide bonds. The molecular weight excluding hydrogens is 312 g/mol. The van der Waals surface area contributed by atoms with Gasteiger partial charge in [0, 0.05) is 30.8 Å². The van der Waals surface area contributed by atoms with Crippen molar-refractivity contribution in [3.05, 3.63) is 47.6 Å². The van der Waals surface area contributed by atoms with E-state index in [-0.39, 0.29) is 12.0 Å². The molecule has 4 rings (SSSR count). The molecule has 0 aliphatic carbocycles. The molecule has 23 heavy (non-hydrogen) atoms. The lowest BCUT2D eigenvalue weighted by Gasteiger charge is -2.17. The van der Waals surface area contributed by atoms with Crippen LogP contribution in [0.1, 0.15) is 16.8 Å². The number of thiazole rings is 1. The molecular formula is C16H14N4O2S. The molecule has 2 aromatic heterocycles. The molecule has 1 unspecified atom stereocenters. The van der Waals surface area contributed by atoms with Gasteiger partial charge >= 0.3 is 0 Å². The normalized spacial score (nSPS) is 17.6. The van der Waals surface area contributed by atoms with Crippen molar-refractivity contribution in [2.24, 2.45) is 0 Å². The molecule has 0 bridgehead atoms. The van der Waals surface area contributed by atoms with E-state index in [4.69, 9.17) is 4.74 Å². The summed E-state index contributed by atoms with van der Waals surface area (Å²) in [6.07, 6.45) is 2.36. The molecule has 3 heterocycles. The number of nitrogens with zero attached hydrogens (tertiary/aromatic N) is 4. The number of hydrogen-bond donors (Lipinski definition) is 0. The zero-order valence-electron chi connectivity index (χ0n) is 12.3. The quantitative estimate of drug-likeness (QED) is 0.739. The highest BCUT2D eigenvalue weighted by atomic mass is 32.1. The first kappa shape index (κ1) is 14.1. The predicted octanol–water partition coefficient (Wildman–Crippen LogP) is 2.38. The van der Waals surface area contributed by atoms with Crippen molar-refractivity contribution in [1.29, 1.82) is 0 Å². The number of amides is 1. The zero-order chi connectivity index (χ0) is 15.6.